The number of hydrogen-bond donors (Lipinski definition) is 0. The van der Waals surface area contributed by atoms with Gasteiger partial charge in [-0.2, -0.15) is 0 Å². The number of hydrogen-bond acceptors (Lipinski definition) is 3. The number of carbonyl (C=O) groups is 1. The van der Waals surface area contributed by atoms with Crippen LogP contribution in [0.2, 0.25) is 0 Å². The Morgan fingerprint density at radius 2 is 1.75 bits per heavy atom. The summed E-state index contributed by atoms with van der Waals surface area (Å²) in [7, 11) is 0. The number of carbonyl (C=O) groups excluding carboxylic acids is 1. The van der Waals surface area contributed by atoms with Crippen molar-refractivity contribution in [3.63, 3.8) is 0 Å². The molecule has 0 saturated heterocycles. The van der Waals surface area contributed by atoms with Crippen LogP contribution in [0.3, 0.4) is 0 Å². The van der Waals surface area contributed by atoms with Gasteiger partial charge in [-0.15, -0.1) is 0 Å². The molecule has 0 aromatic carbocycles. The summed E-state index contributed by atoms with van der Waals surface area (Å²) in [5.41, 5.74) is 0. The van der Waals surface area contributed by atoms with Crippen molar-refractivity contribution in [1.29, 1.82) is 0 Å². The van der Waals surface area contributed by atoms with Crippen LogP contribution in [0.4, 0.5) is 4.79 Å². The van der Waals surface area contributed by atoms with Gasteiger partial charge in [0.05, 0.1) is 6.61 Å². The lowest BCUT2D eigenvalue weighted by Crippen LogP contribution is -2.23. The normalized spacial score (nSPS) is 14.2. The molecule has 3 heteroatoms. The molecule has 0 amide bonds. The van der Waals surface area contributed by atoms with Gasteiger partial charge < -0.3 is 9.47 Å². The Kier molecular flexibility index (Phi) is 12.4. The highest BCUT2D eigenvalue weighted by Gasteiger charge is 2.18. The molecule has 0 radical (unpaired) electrons. The minimum atomic E-state index is -0.558. The van der Waals surface area contributed by atoms with E-state index in [2.05, 4.69) is 13.0 Å². The summed E-state index contributed by atoms with van der Waals surface area (Å²) >= 11 is 0. The van der Waals surface area contributed by atoms with Crippen LogP contribution in [0.1, 0.15) is 72.6 Å². The van der Waals surface area contributed by atoms with Crippen LogP contribution >= 0.6 is 0 Å². The van der Waals surface area contributed by atoms with Crippen LogP contribution in [0.15, 0.2) is 12.2 Å². The molecule has 118 valence electrons. The van der Waals surface area contributed by atoms with Gasteiger partial charge in [-0.25, -0.2) is 4.79 Å². The summed E-state index contributed by atoms with van der Waals surface area (Å²) in [6, 6.07) is 0. The molecule has 0 aliphatic rings. The third kappa shape index (κ3) is 9.88. The molecule has 0 saturated carbocycles. The molecule has 0 rings (SSSR count). The molecule has 0 aliphatic heterocycles. The number of rotatable bonds is 11. The second-order valence-electron chi connectivity index (χ2n) is 5.25. The lowest BCUT2D eigenvalue weighted by Gasteiger charge is -2.21. The maximum atomic E-state index is 11.3. The van der Waals surface area contributed by atoms with E-state index in [4.69, 9.17) is 9.47 Å². The predicted molar refractivity (Wildman–Crippen MR) is 83.9 cm³/mol. The van der Waals surface area contributed by atoms with Crippen molar-refractivity contribution in [3.8, 4) is 0 Å². The van der Waals surface area contributed by atoms with Gasteiger partial charge in [-0.1, -0.05) is 57.6 Å². The van der Waals surface area contributed by atoms with Gasteiger partial charge in [0.25, 0.3) is 0 Å². The third-order valence-corrected chi connectivity index (χ3v) is 3.48. The molecule has 2 unspecified atom stereocenters. The molecule has 0 heterocycles. The summed E-state index contributed by atoms with van der Waals surface area (Å²) in [6.07, 6.45) is 12.3. The Labute approximate surface area is 124 Å². The van der Waals surface area contributed by atoms with Crippen molar-refractivity contribution in [2.45, 2.75) is 78.7 Å². The molecule has 0 aromatic rings. The van der Waals surface area contributed by atoms with Crippen LogP contribution in [0.25, 0.3) is 0 Å². The fraction of sp³-hybridized carbons (Fsp3) is 0.824. The second kappa shape index (κ2) is 13.0. The Hall–Kier alpha value is -0.990. The molecule has 3 nitrogen and oxygen atoms in total. The van der Waals surface area contributed by atoms with Crippen molar-refractivity contribution in [2.75, 3.05) is 6.61 Å². The molecule has 0 bridgehead atoms. The van der Waals surface area contributed by atoms with Crippen LogP contribution < -0.4 is 0 Å². The first kappa shape index (κ1) is 19.0. The Morgan fingerprint density at radius 1 is 1.10 bits per heavy atom. The van der Waals surface area contributed by atoms with E-state index in [0.29, 0.717) is 6.61 Å². The molecule has 0 fully saturated rings. The van der Waals surface area contributed by atoms with Gasteiger partial charge in [-0.05, 0) is 27.2 Å². The molecule has 2 atom stereocenters. The van der Waals surface area contributed by atoms with Crippen molar-refractivity contribution >= 4 is 6.16 Å². The van der Waals surface area contributed by atoms with E-state index in [1.165, 1.54) is 38.5 Å². The van der Waals surface area contributed by atoms with Gasteiger partial charge in [0.1, 0.15) is 6.10 Å². The maximum absolute atomic E-state index is 11.3. The van der Waals surface area contributed by atoms with E-state index in [0.717, 1.165) is 6.42 Å². The van der Waals surface area contributed by atoms with Gasteiger partial charge in [-0.3, -0.25) is 0 Å². The van der Waals surface area contributed by atoms with Gasteiger partial charge in [0.15, 0.2) is 0 Å². The lowest BCUT2D eigenvalue weighted by molar-refractivity contribution is 0.0175. The van der Waals surface area contributed by atoms with E-state index < -0.39 is 6.16 Å². The highest BCUT2D eigenvalue weighted by molar-refractivity contribution is 5.60. The van der Waals surface area contributed by atoms with Crippen molar-refractivity contribution in [3.05, 3.63) is 12.2 Å². The van der Waals surface area contributed by atoms with Crippen LogP contribution in [-0.2, 0) is 9.47 Å². The Bertz CT molecular complexity index is 261. The smallest absolute Gasteiger partial charge is 0.435 e. The second-order valence-corrected chi connectivity index (χ2v) is 5.25. The van der Waals surface area contributed by atoms with Crippen LogP contribution in [-0.4, -0.2) is 18.9 Å². The van der Waals surface area contributed by atoms with Crippen molar-refractivity contribution in [2.24, 2.45) is 5.92 Å². The first-order valence-electron chi connectivity index (χ1n) is 8.11. The summed E-state index contributed by atoms with van der Waals surface area (Å²) in [5.74, 6) is 0.288. The highest BCUT2D eigenvalue weighted by Crippen LogP contribution is 2.19. The quantitative estimate of drug-likeness (QED) is 0.286. The molecule has 0 aliphatic carbocycles. The molecule has 0 N–H and O–H groups in total. The van der Waals surface area contributed by atoms with Gasteiger partial charge in [0, 0.05) is 5.92 Å². The van der Waals surface area contributed by atoms with E-state index in [9.17, 15) is 4.79 Å². The zero-order chi connectivity index (χ0) is 15.2. The molecule has 0 spiro atoms. The summed E-state index contributed by atoms with van der Waals surface area (Å²) in [6.45, 7) is 8.32. The van der Waals surface area contributed by atoms with E-state index >= 15 is 0 Å². The summed E-state index contributed by atoms with van der Waals surface area (Å²) < 4.78 is 10.1. The minimum absolute atomic E-state index is 0.124. The predicted octanol–water partition coefficient (Wildman–Crippen LogP) is 5.49. The standard InChI is InChI=1S/C17H32O3/c1-5-8-9-10-11-12-14-16(13-6-2)15(4)20-17(18)19-7-3/h6,13,15-16H,5,7-12,14H2,1-4H3. The highest BCUT2D eigenvalue weighted by atomic mass is 16.7. The van der Waals surface area contributed by atoms with Crippen LogP contribution in [0, 0.1) is 5.92 Å². The largest absolute Gasteiger partial charge is 0.508 e. The van der Waals surface area contributed by atoms with E-state index in [1.807, 2.05) is 19.9 Å². The summed E-state index contributed by atoms with van der Waals surface area (Å²) in [4.78, 5) is 11.3. The zero-order valence-electron chi connectivity index (χ0n) is 13.7. The average Bonchev–Trinajstić information content (AvgIpc) is 2.41. The first-order valence-corrected chi connectivity index (χ1v) is 8.11. The first-order chi connectivity index (χ1) is 9.65. The summed E-state index contributed by atoms with van der Waals surface area (Å²) in [5, 5.41) is 0. The number of unbranched alkanes of at least 4 members (excludes halogenated alkanes) is 5. The van der Waals surface area contributed by atoms with Gasteiger partial charge >= 0.3 is 6.16 Å². The van der Waals surface area contributed by atoms with Crippen molar-refractivity contribution in [1.82, 2.24) is 0 Å². The molecule has 0 aromatic heterocycles. The van der Waals surface area contributed by atoms with Crippen molar-refractivity contribution < 1.29 is 14.3 Å². The minimum Gasteiger partial charge on any atom is -0.435 e. The average molecular weight is 284 g/mol. The number of allylic oxidation sites excluding steroid dienone is 1. The van der Waals surface area contributed by atoms with Crippen LogP contribution in [0.5, 0.6) is 0 Å². The Morgan fingerprint density at radius 3 is 2.35 bits per heavy atom. The fourth-order valence-electron chi connectivity index (χ4n) is 2.29. The molecular weight excluding hydrogens is 252 g/mol. The topological polar surface area (TPSA) is 35.5 Å². The van der Waals surface area contributed by atoms with E-state index in [1.54, 1.807) is 6.92 Å². The third-order valence-electron chi connectivity index (χ3n) is 3.48. The Balaban J connectivity index is 3.98. The number of ether oxygens (including phenoxy) is 2. The SMILES string of the molecule is CC=CC(CCCCCCCC)C(C)OC(=O)OCC. The fourth-order valence-corrected chi connectivity index (χ4v) is 2.29. The zero-order valence-corrected chi connectivity index (χ0v) is 13.7. The van der Waals surface area contributed by atoms with Gasteiger partial charge in [0.2, 0.25) is 0 Å². The van der Waals surface area contributed by atoms with E-state index in [-0.39, 0.29) is 12.0 Å². The lowest BCUT2D eigenvalue weighted by atomic mass is 9.95. The molecular formula is C17H32O3. The monoisotopic (exact) mass is 284 g/mol. The molecule has 20 heavy (non-hydrogen) atoms. The maximum Gasteiger partial charge on any atom is 0.508 e.